The first-order valence-corrected chi connectivity index (χ1v) is 19.4. The van der Waals surface area contributed by atoms with Crippen LogP contribution in [0.25, 0.3) is 0 Å². The van der Waals surface area contributed by atoms with Crippen LogP contribution < -0.4 is 5.32 Å². The first-order chi connectivity index (χ1) is 22.8. The van der Waals surface area contributed by atoms with E-state index in [1.54, 1.807) is 0 Å². The quantitative estimate of drug-likeness (QED) is 0.0357. The second-order valence-corrected chi connectivity index (χ2v) is 13.7. The van der Waals surface area contributed by atoms with Gasteiger partial charge in [0.15, 0.2) is 6.29 Å². The molecule has 47 heavy (non-hydrogen) atoms. The highest BCUT2D eigenvalue weighted by molar-refractivity contribution is 5.76. The molecule has 0 aromatic heterocycles. The Kier molecular flexibility index (Phi) is 27.9. The van der Waals surface area contributed by atoms with Gasteiger partial charge in [0.2, 0.25) is 5.91 Å². The Labute approximate surface area is 286 Å². The molecule has 9 heteroatoms. The summed E-state index contributed by atoms with van der Waals surface area (Å²) in [4.78, 5) is 12.7. The maximum atomic E-state index is 12.7. The molecular weight excluding hydrogens is 598 g/mol. The van der Waals surface area contributed by atoms with E-state index < -0.39 is 49.5 Å². The number of rotatable bonds is 31. The smallest absolute Gasteiger partial charge is 0.220 e. The number of aliphatic hydroxyl groups excluding tert-OH is 5. The van der Waals surface area contributed by atoms with Crippen LogP contribution in [0, 0.1) is 0 Å². The van der Waals surface area contributed by atoms with Gasteiger partial charge < -0.3 is 40.3 Å². The molecule has 9 nitrogen and oxygen atoms in total. The van der Waals surface area contributed by atoms with E-state index in [0.29, 0.717) is 12.8 Å². The van der Waals surface area contributed by atoms with Crippen LogP contribution in [0.5, 0.6) is 0 Å². The summed E-state index contributed by atoms with van der Waals surface area (Å²) in [5, 5.41) is 53.4. The van der Waals surface area contributed by atoms with Crippen molar-refractivity contribution in [2.45, 2.75) is 211 Å². The van der Waals surface area contributed by atoms with Crippen molar-refractivity contribution in [3.05, 3.63) is 12.2 Å². The first kappa shape index (κ1) is 44.0. The lowest BCUT2D eigenvalue weighted by atomic mass is 9.99. The van der Waals surface area contributed by atoms with Crippen molar-refractivity contribution >= 4 is 5.91 Å². The third-order valence-electron chi connectivity index (χ3n) is 9.37. The van der Waals surface area contributed by atoms with Crippen LogP contribution in [0.3, 0.4) is 0 Å². The molecule has 7 unspecified atom stereocenters. The summed E-state index contributed by atoms with van der Waals surface area (Å²) >= 11 is 0. The first-order valence-electron chi connectivity index (χ1n) is 19.4. The minimum absolute atomic E-state index is 0.142. The maximum absolute atomic E-state index is 12.7. The van der Waals surface area contributed by atoms with E-state index in [4.69, 9.17) is 9.47 Å². The summed E-state index contributed by atoms with van der Waals surface area (Å²) < 4.78 is 11.1. The molecule has 0 radical (unpaired) electrons. The number of carbonyl (C=O) groups is 1. The number of hydrogen-bond donors (Lipinski definition) is 6. The largest absolute Gasteiger partial charge is 0.394 e. The van der Waals surface area contributed by atoms with Crippen molar-refractivity contribution in [1.82, 2.24) is 5.32 Å². The van der Waals surface area contributed by atoms with E-state index in [9.17, 15) is 30.3 Å². The molecule has 0 aromatic carbocycles. The average Bonchev–Trinajstić information content (AvgIpc) is 3.07. The monoisotopic (exact) mass is 672 g/mol. The predicted octanol–water partition coefficient (Wildman–Crippen LogP) is 6.61. The fourth-order valence-electron chi connectivity index (χ4n) is 6.15. The van der Waals surface area contributed by atoms with E-state index in [0.717, 1.165) is 38.5 Å². The summed E-state index contributed by atoms with van der Waals surface area (Å²) in [5.74, 6) is -0.159. The molecule has 0 aliphatic carbocycles. The standard InChI is InChI=1S/C38H73NO8/c1-3-5-7-8-9-10-11-12-13-14-15-16-17-18-19-20-21-22-23-24-26-28-34(42)39-31(32(41)27-25-6-4-2)30-46-38-37(45)36(44)35(43)33(29-40)47-38/h14-15,31-33,35-38,40-41,43-45H,3-13,16-30H2,1-2H3,(H,39,42)/b15-14-. The van der Waals surface area contributed by atoms with Gasteiger partial charge in [-0.3, -0.25) is 4.79 Å². The Hall–Kier alpha value is -1.07. The molecule has 1 heterocycles. The number of nitrogens with one attached hydrogen (secondary N) is 1. The van der Waals surface area contributed by atoms with Crippen molar-refractivity contribution in [3.8, 4) is 0 Å². The summed E-state index contributed by atoms with van der Waals surface area (Å²) in [6, 6.07) is -0.711. The van der Waals surface area contributed by atoms with Crippen LogP contribution in [0.4, 0.5) is 0 Å². The minimum Gasteiger partial charge on any atom is -0.394 e. The van der Waals surface area contributed by atoms with Crippen molar-refractivity contribution in [3.63, 3.8) is 0 Å². The van der Waals surface area contributed by atoms with Gasteiger partial charge in [0.25, 0.3) is 0 Å². The van der Waals surface area contributed by atoms with Crippen molar-refractivity contribution < 1.29 is 39.8 Å². The molecule has 278 valence electrons. The summed E-state index contributed by atoms with van der Waals surface area (Å²) in [6.45, 7) is 3.65. The molecule has 1 saturated heterocycles. The van der Waals surface area contributed by atoms with Gasteiger partial charge in [-0.15, -0.1) is 0 Å². The highest BCUT2D eigenvalue weighted by Gasteiger charge is 2.44. The highest BCUT2D eigenvalue weighted by Crippen LogP contribution is 2.23. The Bertz CT molecular complexity index is 751. The summed E-state index contributed by atoms with van der Waals surface area (Å²) in [5.41, 5.74) is 0. The number of ether oxygens (including phenoxy) is 2. The van der Waals surface area contributed by atoms with Crippen LogP contribution in [-0.4, -0.2) is 87.5 Å². The van der Waals surface area contributed by atoms with Gasteiger partial charge in [0.05, 0.1) is 25.4 Å². The Balaban J connectivity index is 2.15. The topological polar surface area (TPSA) is 149 Å². The van der Waals surface area contributed by atoms with Gasteiger partial charge in [-0.2, -0.15) is 0 Å². The number of hydrogen-bond acceptors (Lipinski definition) is 8. The van der Waals surface area contributed by atoms with Crippen LogP contribution in [0.15, 0.2) is 12.2 Å². The molecule has 1 aliphatic heterocycles. The van der Waals surface area contributed by atoms with E-state index >= 15 is 0 Å². The molecule has 1 amide bonds. The Morgan fingerprint density at radius 3 is 1.72 bits per heavy atom. The molecule has 1 rings (SSSR count). The van der Waals surface area contributed by atoms with Gasteiger partial charge >= 0.3 is 0 Å². The molecule has 6 N–H and O–H groups in total. The Morgan fingerprint density at radius 1 is 0.702 bits per heavy atom. The SMILES string of the molecule is CCCCCCCCCC/C=C\CCCCCCCCCCCC(=O)NC(COC1OC(CO)C(O)C(O)C1O)C(O)CCCCC. The normalized spacial score (nSPS) is 22.9. The molecule has 0 saturated carbocycles. The van der Waals surface area contributed by atoms with Crippen LogP contribution in [-0.2, 0) is 14.3 Å². The Morgan fingerprint density at radius 2 is 1.19 bits per heavy atom. The van der Waals surface area contributed by atoms with Gasteiger partial charge in [-0.05, 0) is 38.5 Å². The van der Waals surface area contributed by atoms with Gasteiger partial charge in [0.1, 0.15) is 24.4 Å². The summed E-state index contributed by atoms with van der Waals surface area (Å²) in [7, 11) is 0. The summed E-state index contributed by atoms with van der Waals surface area (Å²) in [6.07, 6.45) is 24.5. The van der Waals surface area contributed by atoms with E-state index in [-0.39, 0.29) is 12.5 Å². The number of amides is 1. The van der Waals surface area contributed by atoms with E-state index in [1.807, 2.05) is 0 Å². The van der Waals surface area contributed by atoms with Gasteiger partial charge in [-0.25, -0.2) is 0 Å². The molecule has 0 aromatic rings. The van der Waals surface area contributed by atoms with Crippen LogP contribution >= 0.6 is 0 Å². The molecule has 1 aliphatic rings. The second kappa shape index (κ2) is 29.8. The lowest BCUT2D eigenvalue weighted by Gasteiger charge is -2.40. The zero-order chi connectivity index (χ0) is 34.5. The molecular formula is C38H73NO8. The zero-order valence-corrected chi connectivity index (χ0v) is 30.0. The molecule has 0 spiro atoms. The maximum Gasteiger partial charge on any atom is 0.220 e. The fraction of sp³-hybridized carbons (Fsp3) is 0.921. The van der Waals surface area contributed by atoms with Crippen LogP contribution in [0.2, 0.25) is 0 Å². The number of aliphatic hydroxyl groups is 5. The van der Waals surface area contributed by atoms with E-state index in [2.05, 4.69) is 31.3 Å². The molecule has 7 atom stereocenters. The average molecular weight is 672 g/mol. The number of carbonyl (C=O) groups excluding carboxylic acids is 1. The zero-order valence-electron chi connectivity index (χ0n) is 30.0. The third kappa shape index (κ3) is 21.6. The second-order valence-electron chi connectivity index (χ2n) is 13.7. The number of unbranched alkanes of at least 4 members (excludes halogenated alkanes) is 19. The van der Waals surface area contributed by atoms with Gasteiger partial charge in [-0.1, -0.05) is 135 Å². The fourth-order valence-corrected chi connectivity index (χ4v) is 6.15. The van der Waals surface area contributed by atoms with Crippen molar-refractivity contribution in [1.29, 1.82) is 0 Å². The number of allylic oxidation sites excluding steroid dienone is 2. The van der Waals surface area contributed by atoms with Crippen molar-refractivity contribution in [2.24, 2.45) is 0 Å². The molecule has 1 fully saturated rings. The van der Waals surface area contributed by atoms with Crippen LogP contribution in [0.1, 0.15) is 168 Å². The van der Waals surface area contributed by atoms with Crippen molar-refractivity contribution in [2.75, 3.05) is 13.2 Å². The lowest BCUT2D eigenvalue weighted by molar-refractivity contribution is -0.302. The third-order valence-corrected chi connectivity index (χ3v) is 9.37. The van der Waals surface area contributed by atoms with Gasteiger partial charge in [0, 0.05) is 6.42 Å². The minimum atomic E-state index is -1.55. The van der Waals surface area contributed by atoms with E-state index in [1.165, 1.54) is 103 Å². The highest BCUT2D eigenvalue weighted by atomic mass is 16.7. The lowest BCUT2D eigenvalue weighted by Crippen LogP contribution is -2.60. The molecule has 0 bridgehead atoms. The predicted molar refractivity (Wildman–Crippen MR) is 189 cm³/mol.